The van der Waals surface area contributed by atoms with Crippen LogP contribution in [0.25, 0.3) is 22.2 Å². The number of rotatable bonds is 11. The summed E-state index contributed by atoms with van der Waals surface area (Å²) in [6.45, 7) is 4.73. The number of imidazole rings is 1. The molecule has 6 aromatic rings. The van der Waals surface area contributed by atoms with Crippen LogP contribution in [-0.2, 0) is 32.6 Å². The number of para-hydroxylation sites is 2. The average Bonchev–Trinajstić information content (AvgIpc) is 3.57. The molecule has 1 aromatic heterocycles. The molecule has 3 N–H and O–H groups in total. The first-order valence-electron chi connectivity index (χ1n) is 18.9. The van der Waals surface area contributed by atoms with E-state index in [1.807, 2.05) is 95.6 Å². The molecule has 0 spiro atoms. The van der Waals surface area contributed by atoms with E-state index in [1.54, 1.807) is 30.3 Å². The molecule has 284 valence electrons. The summed E-state index contributed by atoms with van der Waals surface area (Å²) in [6.07, 6.45) is 0.710. The van der Waals surface area contributed by atoms with Crippen LogP contribution >= 0.6 is 0 Å². The van der Waals surface area contributed by atoms with Crippen LogP contribution in [-0.4, -0.2) is 53.7 Å². The van der Waals surface area contributed by atoms with Crippen LogP contribution in [0.1, 0.15) is 60.5 Å². The third-order valence-corrected chi connectivity index (χ3v) is 12.5. The van der Waals surface area contributed by atoms with Gasteiger partial charge >= 0.3 is 5.69 Å². The lowest BCUT2D eigenvalue weighted by molar-refractivity contribution is -0.276. The number of benzene rings is 5. The number of hydrogen-bond acceptors (Lipinski definition) is 7. The number of fused-ring (bicyclic) bond motifs is 1. The number of aromatic nitrogens is 2. The SMILES string of the molecule is C[C@@H]1[C@H](CN2CCC(n3c(=O)[nH]c4ccccc43)CC2)O[C@H](c2cccc(-c3cccc(CNS(=O)(=O)c4ccccc4)c3)c2)O[C@@H]1c1ccc(CO)cc1. The van der Waals surface area contributed by atoms with Gasteiger partial charge in [0.05, 0.1) is 34.7 Å². The lowest BCUT2D eigenvalue weighted by Crippen LogP contribution is -2.47. The van der Waals surface area contributed by atoms with Crippen molar-refractivity contribution in [2.75, 3.05) is 19.6 Å². The molecule has 4 atom stereocenters. The second kappa shape index (κ2) is 16.1. The summed E-state index contributed by atoms with van der Waals surface area (Å²) in [5.41, 5.74) is 7.28. The molecule has 0 bridgehead atoms. The van der Waals surface area contributed by atoms with Crippen molar-refractivity contribution in [3.8, 4) is 11.1 Å². The number of piperidine rings is 1. The minimum atomic E-state index is -3.65. The molecule has 3 heterocycles. The lowest BCUT2D eigenvalue weighted by atomic mass is 9.89. The molecule has 2 saturated heterocycles. The highest BCUT2D eigenvalue weighted by Crippen LogP contribution is 2.43. The maximum Gasteiger partial charge on any atom is 0.326 e. The highest BCUT2D eigenvalue weighted by atomic mass is 32.2. The predicted molar refractivity (Wildman–Crippen MR) is 213 cm³/mol. The van der Waals surface area contributed by atoms with Crippen molar-refractivity contribution < 1.29 is 23.0 Å². The zero-order valence-electron chi connectivity index (χ0n) is 30.8. The maximum atomic E-state index is 12.9. The Bertz CT molecular complexity index is 2410. The van der Waals surface area contributed by atoms with Crippen molar-refractivity contribution >= 4 is 21.1 Å². The van der Waals surface area contributed by atoms with Gasteiger partial charge in [-0.15, -0.1) is 0 Å². The number of nitrogens with zero attached hydrogens (tertiary/aromatic N) is 2. The van der Waals surface area contributed by atoms with Gasteiger partial charge in [-0.2, -0.15) is 0 Å². The van der Waals surface area contributed by atoms with Crippen molar-refractivity contribution in [2.45, 2.75) is 62.4 Å². The van der Waals surface area contributed by atoms with Crippen molar-refractivity contribution in [1.29, 1.82) is 0 Å². The van der Waals surface area contributed by atoms with E-state index < -0.39 is 16.3 Å². The quantitative estimate of drug-likeness (QED) is 0.129. The van der Waals surface area contributed by atoms with Crippen LogP contribution in [0.3, 0.4) is 0 Å². The van der Waals surface area contributed by atoms with E-state index >= 15 is 0 Å². The van der Waals surface area contributed by atoms with E-state index in [-0.39, 0.29) is 47.9 Å². The fourth-order valence-electron chi connectivity index (χ4n) is 7.97. The molecule has 0 saturated carbocycles. The van der Waals surface area contributed by atoms with Gasteiger partial charge in [-0.3, -0.25) is 4.57 Å². The van der Waals surface area contributed by atoms with Gasteiger partial charge in [0.2, 0.25) is 10.0 Å². The topological polar surface area (TPSA) is 126 Å². The highest BCUT2D eigenvalue weighted by molar-refractivity contribution is 7.89. The van der Waals surface area contributed by atoms with Crippen LogP contribution in [0.5, 0.6) is 0 Å². The number of sulfonamides is 1. The molecule has 0 amide bonds. The minimum Gasteiger partial charge on any atom is -0.392 e. The van der Waals surface area contributed by atoms with Crippen LogP contribution in [0.15, 0.2) is 137 Å². The Morgan fingerprint density at radius 3 is 2.25 bits per heavy atom. The Kier molecular flexibility index (Phi) is 10.8. The summed E-state index contributed by atoms with van der Waals surface area (Å²) < 4.78 is 44.0. The summed E-state index contributed by atoms with van der Waals surface area (Å²) in [5, 5.41) is 9.69. The van der Waals surface area contributed by atoms with E-state index in [4.69, 9.17) is 9.47 Å². The molecule has 8 rings (SSSR count). The number of likely N-dealkylation sites (tertiary alicyclic amines) is 1. The summed E-state index contributed by atoms with van der Waals surface area (Å²) in [5.74, 6) is 0.0321. The smallest absolute Gasteiger partial charge is 0.326 e. The predicted octanol–water partition coefficient (Wildman–Crippen LogP) is 7.10. The molecule has 11 heteroatoms. The third kappa shape index (κ3) is 8.09. The van der Waals surface area contributed by atoms with Crippen LogP contribution < -0.4 is 10.4 Å². The van der Waals surface area contributed by atoms with E-state index in [9.17, 15) is 18.3 Å². The average molecular weight is 759 g/mol. The fourth-order valence-corrected chi connectivity index (χ4v) is 9.01. The fraction of sp³-hybridized carbons (Fsp3) is 0.295. The Morgan fingerprint density at radius 1 is 0.782 bits per heavy atom. The number of aromatic amines is 1. The summed E-state index contributed by atoms with van der Waals surface area (Å²) in [6, 6.07) is 40.3. The van der Waals surface area contributed by atoms with E-state index in [0.29, 0.717) is 0 Å². The monoisotopic (exact) mass is 758 g/mol. The number of ether oxygens (including phenoxy) is 2. The second-order valence-electron chi connectivity index (χ2n) is 14.6. The first-order chi connectivity index (χ1) is 26.8. The molecule has 5 aromatic carbocycles. The number of H-pyrrole nitrogens is 1. The highest BCUT2D eigenvalue weighted by Gasteiger charge is 2.40. The molecule has 0 aliphatic carbocycles. The van der Waals surface area contributed by atoms with Crippen molar-refractivity contribution in [2.24, 2.45) is 5.92 Å². The number of nitrogens with one attached hydrogen (secondary N) is 2. The van der Waals surface area contributed by atoms with Gasteiger partial charge in [-0.1, -0.05) is 97.9 Å². The Balaban J connectivity index is 1.00. The van der Waals surface area contributed by atoms with Gasteiger partial charge in [0.25, 0.3) is 0 Å². The molecule has 10 nitrogen and oxygen atoms in total. The van der Waals surface area contributed by atoms with Gasteiger partial charge in [-0.25, -0.2) is 17.9 Å². The zero-order valence-corrected chi connectivity index (χ0v) is 31.6. The Labute approximate surface area is 321 Å². The maximum absolute atomic E-state index is 12.9. The molecule has 2 aliphatic rings. The van der Waals surface area contributed by atoms with Crippen LogP contribution in [0, 0.1) is 5.92 Å². The first kappa shape index (κ1) is 37.1. The number of hydrogen-bond donors (Lipinski definition) is 3. The Morgan fingerprint density at radius 2 is 1.49 bits per heavy atom. The largest absolute Gasteiger partial charge is 0.392 e. The summed E-state index contributed by atoms with van der Waals surface area (Å²) in [4.78, 5) is 18.6. The van der Waals surface area contributed by atoms with Crippen molar-refractivity contribution in [3.63, 3.8) is 0 Å². The molecular weight excluding hydrogens is 713 g/mol. The molecule has 55 heavy (non-hydrogen) atoms. The zero-order chi connectivity index (χ0) is 37.9. The second-order valence-corrected chi connectivity index (χ2v) is 16.4. The molecule has 2 aliphatic heterocycles. The number of aliphatic hydroxyl groups excluding tert-OH is 1. The summed E-state index contributed by atoms with van der Waals surface area (Å²) >= 11 is 0. The van der Waals surface area contributed by atoms with Crippen LogP contribution in [0.4, 0.5) is 0 Å². The van der Waals surface area contributed by atoms with E-state index in [1.165, 1.54) is 0 Å². The molecule has 0 radical (unpaired) electrons. The summed E-state index contributed by atoms with van der Waals surface area (Å²) in [7, 11) is -3.65. The first-order valence-corrected chi connectivity index (χ1v) is 20.4. The van der Waals surface area contributed by atoms with Gasteiger partial charge < -0.3 is 24.5 Å². The minimum absolute atomic E-state index is 0.0246. The van der Waals surface area contributed by atoms with Gasteiger partial charge in [-0.05, 0) is 77.1 Å². The number of aliphatic hydroxyl groups is 1. The lowest BCUT2D eigenvalue weighted by Gasteiger charge is -2.44. The van der Waals surface area contributed by atoms with E-state index in [2.05, 4.69) is 27.6 Å². The molecular formula is C44H46N4O6S. The van der Waals surface area contributed by atoms with Gasteiger partial charge in [0.15, 0.2) is 6.29 Å². The van der Waals surface area contributed by atoms with Gasteiger partial charge in [0.1, 0.15) is 0 Å². The van der Waals surface area contributed by atoms with E-state index in [0.717, 1.165) is 76.9 Å². The standard InChI is InChI=1S/C44H46N4O6S/c1-30-41(28-47-23-21-37(22-24-47)48-40-16-6-5-15-39(40)46-44(48)50)53-43(54-42(30)33-19-17-31(29-49)18-20-33)36-12-8-11-35(26-36)34-10-7-9-32(25-34)27-45-55(51,52)38-13-3-2-4-14-38/h2-20,25-26,30,37,41-43,45,49H,21-24,27-29H2,1H3,(H,46,50)/t30-,41+,42+,43+/m1/s1. The molecule has 0 unspecified atom stereocenters. The Hall–Kier alpha value is -4.88. The molecule has 2 fully saturated rings. The van der Waals surface area contributed by atoms with Crippen LogP contribution in [0.2, 0.25) is 0 Å². The van der Waals surface area contributed by atoms with Crippen molar-refractivity contribution in [1.82, 2.24) is 19.2 Å². The third-order valence-electron chi connectivity index (χ3n) is 11.0. The normalized spacial score (nSPS) is 21.2. The van der Waals surface area contributed by atoms with Crippen molar-refractivity contribution in [3.05, 3.63) is 160 Å². The van der Waals surface area contributed by atoms with Gasteiger partial charge in [0, 0.05) is 43.7 Å².